The Bertz CT molecular complexity index is 920. The van der Waals surface area contributed by atoms with Crippen molar-refractivity contribution in [1.82, 2.24) is 9.55 Å². The summed E-state index contributed by atoms with van der Waals surface area (Å²) in [6.07, 6.45) is 11.3. The highest BCUT2D eigenvalue weighted by molar-refractivity contribution is 7.07. The first-order chi connectivity index (χ1) is 13.3. The van der Waals surface area contributed by atoms with Gasteiger partial charge in [-0.15, -0.1) is 11.3 Å². The Balaban J connectivity index is 1.82. The molecule has 5 heteroatoms. The van der Waals surface area contributed by atoms with Gasteiger partial charge in [-0.1, -0.05) is 25.7 Å². The zero-order chi connectivity index (χ0) is 18.5. The summed E-state index contributed by atoms with van der Waals surface area (Å²) in [5, 5.41) is 2.24. The average Bonchev–Trinajstić information content (AvgIpc) is 2.94. The van der Waals surface area contributed by atoms with Gasteiger partial charge in [0, 0.05) is 17.6 Å². The van der Waals surface area contributed by atoms with Crippen LogP contribution in [0.15, 0.2) is 59.2 Å². The number of pyridine rings is 1. The molecule has 4 nitrogen and oxygen atoms in total. The van der Waals surface area contributed by atoms with E-state index in [0.717, 1.165) is 16.2 Å². The van der Waals surface area contributed by atoms with E-state index in [0.29, 0.717) is 6.04 Å². The van der Waals surface area contributed by atoms with Gasteiger partial charge in [0.1, 0.15) is 5.75 Å². The highest BCUT2D eigenvalue weighted by Gasteiger charge is 2.19. The first-order valence-corrected chi connectivity index (χ1v) is 10.5. The van der Waals surface area contributed by atoms with Crippen LogP contribution >= 0.6 is 11.3 Å². The van der Waals surface area contributed by atoms with E-state index >= 15 is 0 Å². The second-order valence-electron chi connectivity index (χ2n) is 6.97. The van der Waals surface area contributed by atoms with Crippen molar-refractivity contribution in [3.8, 4) is 17.0 Å². The third-order valence-electron chi connectivity index (χ3n) is 5.19. The lowest BCUT2D eigenvalue weighted by atomic mass is 10.1. The summed E-state index contributed by atoms with van der Waals surface area (Å²) in [6, 6.07) is 12.8. The summed E-state index contributed by atoms with van der Waals surface area (Å²) in [4.78, 5) is 10.2. The van der Waals surface area contributed by atoms with Gasteiger partial charge in [0.05, 0.1) is 24.7 Å². The van der Waals surface area contributed by atoms with Gasteiger partial charge in [-0.25, -0.2) is 4.99 Å². The van der Waals surface area contributed by atoms with E-state index in [-0.39, 0.29) is 0 Å². The maximum absolute atomic E-state index is 5.32. The molecule has 2 heterocycles. The highest BCUT2D eigenvalue weighted by Crippen LogP contribution is 2.32. The number of hydrogen-bond donors (Lipinski definition) is 0. The molecule has 1 aromatic carbocycles. The van der Waals surface area contributed by atoms with Gasteiger partial charge in [-0.2, -0.15) is 0 Å². The van der Waals surface area contributed by atoms with Crippen molar-refractivity contribution >= 4 is 17.0 Å². The van der Waals surface area contributed by atoms with Crippen LogP contribution in [0.1, 0.15) is 44.6 Å². The monoisotopic (exact) mass is 379 g/mol. The molecule has 3 aromatic rings. The Morgan fingerprint density at radius 3 is 2.52 bits per heavy atom. The van der Waals surface area contributed by atoms with E-state index in [4.69, 9.17) is 9.73 Å². The topological polar surface area (TPSA) is 39.4 Å². The third-order valence-corrected chi connectivity index (χ3v) is 6.03. The Morgan fingerprint density at radius 2 is 1.85 bits per heavy atom. The summed E-state index contributed by atoms with van der Waals surface area (Å²) >= 11 is 1.71. The van der Waals surface area contributed by atoms with Crippen LogP contribution < -0.4 is 9.54 Å². The minimum atomic E-state index is 0.506. The number of rotatable bonds is 4. The number of hydrogen-bond acceptors (Lipinski definition) is 4. The van der Waals surface area contributed by atoms with Crippen LogP contribution in [0.3, 0.4) is 0 Å². The van der Waals surface area contributed by atoms with E-state index in [1.807, 2.05) is 30.5 Å². The Labute approximate surface area is 164 Å². The number of methoxy groups -OCH3 is 1. The predicted molar refractivity (Wildman–Crippen MR) is 110 cm³/mol. The van der Waals surface area contributed by atoms with Crippen molar-refractivity contribution < 1.29 is 4.74 Å². The summed E-state index contributed by atoms with van der Waals surface area (Å²) in [5.74, 6) is 0.885. The maximum atomic E-state index is 5.32. The molecule has 2 aromatic heterocycles. The van der Waals surface area contributed by atoms with Crippen LogP contribution in [-0.4, -0.2) is 16.7 Å². The Kier molecular flexibility index (Phi) is 5.68. The van der Waals surface area contributed by atoms with Gasteiger partial charge >= 0.3 is 0 Å². The molecule has 0 unspecified atom stereocenters. The number of aromatic nitrogens is 2. The minimum absolute atomic E-state index is 0.506. The lowest BCUT2D eigenvalue weighted by molar-refractivity contribution is 0.415. The van der Waals surface area contributed by atoms with E-state index < -0.39 is 0 Å². The van der Waals surface area contributed by atoms with Crippen molar-refractivity contribution in [1.29, 1.82) is 0 Å². The molecule has 0 N–H and O–H groups in total. The predicted octanol–water partition coefficient (Wildman–Crippen LogP) is 5.75. The number of ether oxygens (including phenoxy) is 1. The fourth-order valence-corrected chi connectivity index (χ4v) is 4.76. The molecular weight excluding hydrogens is 354 g/mol. The van der Waals surface area contributed by atoms with E-state index in [9.17, 15) is 0 Å². The highest BCUT2D eigenvalue weighted by atomic mass is 32.1. The molecule has 0 atom stereocenters. The second-order valence-corrected chi connectivity index (χ2v) is 7.81. The molecule has 1 saturated carbocycles. The van der Waals surface area contributed by atoms with Crippen molar-refractivity contribution in [2.45, 2.75) is 44.6 Å². The summed E-state index contributed by atoms with van der Waals surface area (Å²) < 4.78 is 7.79. The van der Waals surface area contributed by atoms with Crippen molar-refractivity contribution in [2.75, 3.05) is 7.11 Å². The van der Waals surface area contributed by atoms with Gasteiger partial charge in [-0.05, 0) is 54.8 Å². The zero-order valence-corrected chi connectivity index (χ0v) is 16.5. The fourth-order valence-electron chi connectivity index (χ4n) is 3.77. The van der Waals surface area contributed by atoms with Crippen LogP contribution in [0.2, 0.25) is 0 Å². The number of thiazole rings is 1. The summed E-state index contributed by atoms with van der Waals surface area (Å²) in [5.41, 5.74) is 3.36. The molecule has 0 aliphatic heterocycles. The standard InChI is InChI=1S/C22H25N3OS/c1-26-20-12-10-17(11-13-20)21-16-27-22(24-18-7-6-14-23-15-18)25(21)19-8-4-2-3-5-9-19/h6-7,10-16,19H,2-5,8-9H2,1H3. The molecule has 1 fully saturated rings. The van der Waals surface area contributed by atoms with E-state index in [1.165, 1.54) is 49.8 Å². The van der Waals surface area contributed by atoms with E-state index in [1.54, 1.807) is 24.6 Å². The van der Waals surface area contributed by atoms with Gasteiger partial charge in [0.15, 0.2) is 4.80 Å². The molecule has 0 amide bonds. The molecule has 1 aliphatic carbocycles. The Hall–Kier alpha value is -2.40. The second kappa shape index (κ2) is 8.53. The first kappa shape index (κ1) is 18.0. The smallest absolute Gasteiger partial charge is 0.190 e. The van der Waals surface area contributed by atoms with Crippen LogP contribution in [0, 0.1) is 0 Å². The average molecular weight is 380 g/mol. The van der Waals surface area contributed by atoms with E-state index in [2.05, 4.69) is 27.1 Å². The van der Waals surface area contributed by atoms with Gasteiger partial charge < -0.3 is 9.30 Å². The number of nitrogens with zero attached hydrogens (tertiary/aromatic N) is 3. The molecule has 140 valence electrons. The Morgan fingerprint density at radius 1 is 1.07 bits per heavy atom. The molecule has 0 radical (unpaired) electrons. The molecule has 27 heavy (non-hydrogen) atoms. The number of benzene rings is 1. The van der Waals surface area contributed by atoms with Crippen LogP contribution in [-0.2, 0) is 0 Å². The third kappa shape index (κ3) is 4.14. The van der Waals surface area contributed by atoms with Crippen LogP contribution in [0.5, 0.6) is 5.75 Å². The molecule has 1 aliphatic rings. The van der Waals surface area contributed by atoms with Crippen LogP contribution in [0.4, 0.5) is 5.69 Å². The lowest BCUT2D eigenvalue weighted by Crippen LogP contribution is -2.21. The van der Waals surface area contributed by atoms with Gasteiger partial charge in [0.2, 0.25) is 0 Å². The largest absolute Gasteiger partial charge is 0.497 e. The lowest BCUT2D eigenvalue weighted by Gasteiger charge is -2.20. The molecule has 0 bridgehead atoms. The van der Waals surface area contributed by atoms with Crippen LogP contribution in [0.25, 0.3) is 11.3 Å². The van der Waals surface area contributed by atoms with Gasteiger partial charge in [0.25, 0.3) is 0 Å². The molecule has 0 saturated heterocycles. The van der Waals surface area contributed by atoms with Crippen molar-refractivity contribution in [3.05, 3.63) is 59.0 Å². The normalized spacial score (nSPS) is 16.3. The summed E-state index contributed by atoms with van der Waals surface area (Å²) in [7, 11) is 1.70. The zero-order valence-electron chi connectivity index (χ0n) is 15.7. The quantitative estimate of drug-likeness (QED) is 0.542. The fraction of sp³-hybridized carbons (Fsp3) is 0.364. The molecule has 4 rings (SSSR count). The van der Waals surface area contributed by atoms with Crippen molar-refractivity contribution in [3.63, 3.8) is 0 Å². The van der Waals surface area contributed by atoms with Crippen molar-refractivity contribution in [2.24, 2.45) is 4.99 Å². The maximum Gasteiger partial charge on any atom is 0.190 e. The molecule has 0 spiro atoms. The van der Waals surface area contributed by atoms with Gasteiger partial charge in [-0.3, -0.25) is 4.98 Å². The first-order valence-electron chi connectivity index (χ1n) is 9.64. The SMILES string of the molecule is COc1ccc(-c2csc(=Nc3cccnc3)n2C2CCCCCC2)cc1. The summed E-state index contributed by atoms with van der Waals surface area (Å²) in [6.45, 7) is 0. The molecular formula is C22H25N3OS. The minimum Gasteiger partial charge on any atom is -0.497 e.